The van der Waals surface area contributed by atoms with Crippen LogP contribution in [0.4, 0.5) is 0 Å². The summed E-state index contributed by atoms with van der Waals surface area (Å²) < 4.78 is 1.83. The maximum Gasteiger partial charge on any atom is 0.224 e. The van der Waals surface area contributed by atoms with Crippen molar-refractivity contribution >= 4 is 16.9 Å². The summed E-state index contributed by atoms with van der Waals surface area (Å²) in [4.78, 5) is 17.3. The number of aliphatic hydroxyl groups excluding tert-OH is 1. The lowest BCUT2D eigenvalue weighted by Gasteiger charge is -2.42. The van der Waals surface area contributed by atoms with E-state index in [1.54, 1.807) is 0 Å². The minimum atomic E-state index is 0.213. The van der Waals surface area contributed by atoms with Gasteiger partial charge >= 0.3 is 0 Å². The highest BCUT2D eigenvalue weighted by Crippen LogP contribution is 2.23. The van der Waals surface area contributed by atoms with Crippen LogP contribution in [0.2, 0.25) is 0 Å². The molecule has 7 heteroatoms. The van der Waals surface area contributed by atoms with Crippen LogP contribution in [0.5, 0.6) is 0 Å². The molecular formula is C20H29N5O2. The standard InChI is InChI=1S/C20H29N5O2/c26-15-16-7-11-23(12-8-16)17-4-3-10-24(14-17)20(27)9-13-25-19-6-2-1-5-18(19)21-22-25/h1-2,5-6,16-17,26H,3-4,7-15H2/t17-/m1/s1. The van der Waals surface area contributed by atoms with Crippen molar-refractivity contribution in [2.45, 2.75) is 44.7 Å². The van der Waals surface area contributed by atoms with E-state index in [-0.39, 0.29) is 5.91 Å². The molecule has 2 aromatic rings. The van der Waals surface area contributed by atoms with Crippen molar-refractivity contribution in [1.29, 1.82) is 0 Å². The van der Waals surface area contributed by atoms with Gasteiger partial charge in [0.25, 0.3) is 0 Å². The fourth-order valence-corrected chi connectivity index (χ4v) is 4.42. The summed E-state index contributed by atoms with van der Waals surface area (Å²) in [7, 11) is 0. The van der Waals surface area contributed by atoms with Crippen LogP contribution in [-0.2, 0) is 11.3 Å². The Bertz CT molecular complexity index is 769. The van der Waals surface area contributed by atoms with E-state index in [4.69, 9.17) is 0 Å². The topological polar surface area (TPSA) is 74.5 Å². The molecule has 1 aromatic heterocycles. The van der Waals surface area contributed by atoms with Gasteiger partial charge in [0.05, 0.1) is 12.1 Å². The number of hydrogen-bond acceptors (Lipinski definition) is 5. The molecule has 1 N–H and O–H groups in total. The van der Waals surface area contributed by atoms with Crippen molar-refractivity contribution in [3.63, 3.8) is 0 Å². The lowest BCUT2D eigenvalue weighted by molar-refractivity contribution is -0.133. The number of likely N-dealkylation sites (tertiary alicyclic amines) is 2. The van der Waals surface area contributed by atoms with Crippen LogP contribution >= 0.6 is 0 Å². The van der Waals surface area contributed by atoms with E-state index >= 15 is 0 Å². The maximum atomic E-state index is 12.8. The van der Waals surface area contributed by atoms with Gasteiger partial charge in [-0.25, -0.2) is 4.68 Å². The van der Waals surface area contributed by atoms with Gasteiger partial charge in [-0.15, -0.1) is 5.10 Å². The van der Waals surface area contributed by atoms with E-state index in [0.29, 0.717) is 31.5 Å². The van der Waals surface area contributed by atoms with E-state index in [1.807, 2.05) is 33.8 Å². The van der Waals surface area contributed by atoms with Crippen molar-refractivity contribution < 1.29 is 9.90 Å². The molecule has 146 valence electrons. The van der Waals surface area contributed by atoms with Crippen molar-refractivity contribution in [3.05, 3.63) is 24.3 Å². The zero-order valence-electron chi connectivity index (χ0n) is 15.8. The average Bonchev–Trinajstić information content (AvgIpc) is 3.15. The van der Waals surface area contributed by atoms with Crippen molar-refractivity contribution in [3.8, 4) is 0 Å². The molecule has 0 saturated carbocycles. The van der Waals surface area contributed by atoms with Gasteiger partial charge in [-0.2, -0.15) is 0 Å². The van der Waals surface area contributed by atoms with Gasteiger partial charge in [0, 0.05) is 32.2 Å². The molecule has 1 aromatic carbocycles. The second-order valence-corrected chi connectivity index (χ2v) is 7.85. The van der Waals surface area contributed by atoms with E-state index in [1.165, 1.54) is 6.42 Å². The fourth-order valence-electron chi connectivity index (χ4n) is 4.42. The Hall–Kier alpha value is -1.99. The first-order chi connectivity index (χ1) is 13.2. The summed E-state index contributed by atoms with van der Waals surface area (Å²) in [5, 5.41) is 17.7. The van der Waals surface area contributed by atoms with E-state index in [9.17, 15) is 9.90 Å². The van der Waals surface area contributed by atoms with E-state index in [0.717, 1.165) is 56.5 Å². The normalized spacial score (nSPS) is 22.4. The molecule has 2 aliphatic rings. The summed E-state index contributed by atoms with van der Waals surface area (Å²) in [6.07, 6.45) is 4.84. The number of hydrogen-bond donors (Lipinski definition) is 1. The highest BCUT2D eigenvalue weighted by Gasteiger charge is 2.30. The summed E-state index contributed by atoms with van der Waals surface area (Å²) in [6.45, 7) is 4.66. The number of rotatable bonds is 5. The zero-order valence-corrected chi connectivity index (χ0v) is 15.8. The number of benzene rings is 1. The first kappa shape index (κ1) is 18.4. The molecule has 27 heavy (non-hydrogen) atoms. The highest BCUT2D eigenvalue weighted by molar-refractivity contribution is 5.77. The summed E-state index contributed by atoms with van der Waals surface area (Å²) in [5.41, 5.74) is 1.85. The SMILES string of the molecule is O=C(CCn1nnc2ccccc21)N1CCC[C@@H](N2CCC(CO)CC2)C1. The zero-order chi connectivity index (χ0) is 18.6. The second kappa shape index (κ2) is 8.35. The first-order valence-electron chi connectivity index (χ1n) is 10.2. The third kappa shape index (κ3) is 4.14. The van der Waals surface area contributed by atoms with E-state index < -0.39 is 0 Å². The molecule has 0 spiro atoms. The number of carbonyl (C=O) groups excluding carboxylic acids is 1. The van der Waals surface area contributed by atoms with Crippen LogP contribution in [0.3, 0.4) is 0 Å². The Morgan fingerprint density at radius 3 is 2.78 bits per heavy atom. The third-order valence-electron chi connectivity index (χ3n) is 6.13. The lowest BCUT2D eigenvalue weighted by atomic mass is 9.94. The Kier molecular flexibility index (Phi) is 5.69. The van der Waals surface area contributed by atoms with Crippen LogP contribution in [0.15, 0.2) is 24.3 Å². The number of aliphatic hydroxyl groups is 1. The molecular weight excluding hydrogens is 342 g/mol. The van der Waals surface area contributed by atoms with Crippen LogP contribution in [0.25, 0.3) is 11.0 Å². The van der Waals surface area contributed by atoms with Gasteiger partial charge < -0.3 is 10.0 Å². The minimum absolute atomic E-state index is 0.213. The Morgan fingerprint density at radius 1 is 1.15 bits per heavy atom. The summed E-state index contributed by atoms with van der Waals surface area (Å²) >= 11 is 0. The average molecular weight is 371 g/mol. The molecule has 2 saturated heterocycles. The third-order valence-corrected chi connectivity index (χ3v) is 6.13. The molecule has 7 nitrogen and oxygen atoms in total. The van der Waals surface area contributed by atoms with Crippen LogP contribution in [0.1, 0.15) is 32.1 Å². The molecule has 2 fully saturated rings. The summed E-state index contributed by atoms with van der Waals surface area (Å²) in [6, 6.07) is 8.32. The minimum Gasteiger partial charge on any atom is -0.396 e. The number of para-hydroxylation sites is 1. The Balaban J connectivity index is 1.31. The van der Waals surface area contributed by atoms with Gasteiger partial charge in [-0.1, -0.05) is 17.3 Å². The largest absolute Gasteiger partial charge is 0.396 e. The predicted octanol–water partition coefficient (Wildman–Crippen LogP) is 1.52. The number of carbonyl (C=O) groups is 1. The first-order valence-corrected chi connectivity index (χ1v) is 10.2. The predicted molar refractivity (Wildman–Crippen MR) is 103 cm³/mol. The van der Waals surface area contributed by atoms with Crippen molar-refractivity contribution in [1.82, 2.24) is 24.8 Å². The molecule has 0 aliphatic carbocycles. The van der Waals surface area contributed by atoms with Crippen LogP contribution < -0.4 is 0 Å². The Labute approximate surface area is 159 Å². The van der Waals surface area contributed by atoms with Crippen LogP contribution in [-0.4, -0.2) is 74.6 Å². The number of piperidine rings is 2. The number of aryl methyl sites for hydroxylation is 1. The summed E-state index contributed by atoms with van der Waals surface area (Å²) in [5.74, 6) is 0.671. The molecule has 4 rings (SSSR count). The number of aromatic nitrogens is 3. The fraction of sp³-hybridized carbons (Fsp3) is 0.650. The second-order valence-electron chi connectivity index (χ2n) is 7.85. The molecule has 0 unspecified atom stereocenters. The van der Waals surface area contributed by atoms with Gasteiger partial charge in [-0.3, -0.25) is 9.69 Å². The molecule has 1 atom stereocenters. The molecule has 1 amide bonds. The number of fused-ring (bicyclic) bond motifs is 1. The van der Waals surface area contributed by atoms with Crippen molar-refractivity contribution in [2.75, 3.05) is 32.8 Å². The quantitative estimate of drug-likeness (QED) is 0.863. The molecule has 2 aliphatic heterocycles. The number of nitrogens with zero attached hydrogens (tertiary/aromatic N) is 5. The molecule has 0 radical (unpaired) electrons. The van der Waals surface area contributed by atoms with Gasteiger partial charge in [-0.05, 0) is 56.8 Å². The van der Waals surface area contributed by atoms with Gasteiger partial charge in [0.2, 0.25) is 5.91 Å². The van der Waals surface area contributed by atoms with Gasteiger partial charge in [0.15, 0.2) is 0 Å². The number of amides is 1. The smallest absolute Gasteiger partial charge is 0.224 e. The molecule has 0 bridgehead atoms. The van der Waals surface area contributed by atoms with Crippen LogP contribution in [0, 0.1) is 5.92 Å². The molecule has 3 heterocycles. The maximum absolute atomic E-state index is 12.8. The lowest BCUT2D eigenvalue weighted by Crippen LogP contribution is -2.52. The van der Waals surface area contributed by atoms with Gasteiger partial charge in [0.1, 0.15) is 5.52 Å². The van der Waals surface area contributed by atoms with Crippen molar-refractivity contribution in [2.24, 2.45) is 5.92 Å². The monoisotopic (exact) mass is 371 g/mol. The van der Waals surface area contributed by atoms with E-state index in [2.05, 4.69) is 15.2 Å². The Morgan fingerprint density at radius 2 is 1.96 bits per heavy atom. The highest BCUT2D eigenvalue weighted by atomic mass is 16.3.